The van der Waals surface area contributed by atoms with Gasteiger partial charge in [-0.3, -0.25) is 0 Å². The molecule has 0 radical (unpaired) electrons. The topological polar surface area (TPSA) is 61.4 Å². The summed E-state index contributed by atoms with van der Waals surface area (Å²) in [5.41, 5.74) is 1.38. The fraction of sp³-hybridized carbons (Fsp3) is 0.133. The van der Waals surface area contributed by atoms with Crippen LogP contribution in [0.2, 0.25) is 0 Å². The van der Waals surface area contributed by atoms with Gasteiger partial charge in [0.2, 0.25) is 0 Å². The van der Waals surface area contributed by atoms with Crippen LogP contribution in [-0.4, -0.2) is 11.1 Å². The Hall–Kier alpha value is -1.92. The van der Waals surface area contributed by atoms with Gasteiger partial charge in [-0.05, 0) is 42.8 Å². The molecule has 0 spiro atoms. The minimum absolute atomic E-state index is 0.0856. The average molecular weight is 353 g/mol. The van der Waals surface area contributed by atoms with Crippen molar-refractivity contribution in [2.75, 3.05) is 10.6 Å². The molecular formula is C15H14BrFN2O2. The maximum Gasteiger partial charge on any atom is 0.323 e. The number of amides is 2. The van der Waals surface area contributed by atoms with Gasteiger partial charge < -0.3 is 15.7 Å². The molecule has 0 aliphatic heterocycles. The molecule has 2 aromatic carbocycles. The third-order valence-electron chi connectivity index (χ3n) is 2.83. The molecule has 0 aliphatic carbocycles. The molecule has 0 heterocycles. The molecule has 0 aromatic heterocycles. The van der Waals surface area contributed by atoms with Gasteiger partial charge in [0.1, 0.15) is 5.82 Å². The second-order valence-electron chi connectivity index (χ2n) is 4.50. The second-order valence-corrected chi connectivity index (χ2v) is 5.42. The largest absolute Gasteiger partial charge is 0.389 e. The van der Waals surface area contributed by atoms with E-state index >= 15 is 0 Å². The smallest absolute Gasteiger partial charge is 0.323 e. The first-order valence-electron chi connectivity index (χ1n) is 6.27. The number of hydrogen-bond donors (Lipinski definition) is 3. The van der Waals surface area contributed by atoms with Crippen LogP contribution in [0.4, 0.5) is 20.6 Å². The van der Waals surface area contributed by atoms with Crippen LogP contribution in [0.1, 0.15) is 18.6 Å². The van der Waals surface area contributed by atoms with E-state index in [4.69, 9.17) is 0 Å². The van der Waals surface area contributed by atoms with Gasteiger partial charge in [-0.1, -0.05) is 28.1 Å². The Kier molecular flexibility index (Phi) is 4.93. The van der Waals surface area contributed by atoms with E-state index in [9.17, 15) is 14.3 Å². The molecule has 1 atom stereocenters. The highest BCUT2D eigenvalue weighted by molar-refractivity contribution is 9.10. The highest BCUT2D eigenvalue weighted by Gasteiger charge is 2.08. The van der Waals surface area contributed by atoms with Crippen molar-refractivity contribution in [3.63, 3.8) is 0 Å². The predicted octanol–water partition coefficient (Wildman–Crippen LogP) is 4.29. The number of carbonyl (C=O) groups excluding carboxylic acids is 1. The van der Waals surface area contributed by atoms with Crippen molar-refractivity contribution in [1.29, 1.82) is 0 Å². The summed E-state index contributed by atoms with van der Waals surface area (Å²) in [5, 5.41) is 14.4. The Bertz CT molecular complexity index is 645. The summed E-state index contributed by atoms with van der Waals surface area (Å²) >= 11 is 3.21. The Balaban J connectivity index is 2.03. The van der Waals surface area contributed by atoms with Crippen LogP contribution in [-0.2, 0) is 0 Å². The molecule has 110 valence electrons. The number of carbonyl (C=O) groups is 1. The molecule has 0 saturated carbocycles. The van der Waals surface area contributed by atoms with Crippen LogP contribution < -0.4 is 10.6 Å². The quantitative estimate of drug-likeness (QED) is 0.771. The van der Waals surface area contributed by atoms with Crippen molar-refractivity contribution in [2.24, 2.45) is 0 Å². The normalized spacial score (nSPS) is 11.8. The van der Waals surface area contributed by atoms with Crippen molar-refractivity contribution in [3.8, 4) is 0 Å². The third-order valence-corrected chi connectivity index (χ3v) is 3.32. The van der Waals surface area contributed by atoms with Gasteiger partial charge in [-0.25, -0.2) is 9.18 Å². The minimum Gasteiger partial charge on any atom is -0.389 e. The van der Waals surface area contributed by atoms with Crippen LogP contribution >= 0.6 is 15.9 Å². The van der Waals surface area contributed by atoms with Gasteiger partial charge in [0, 0.05) is 10.2 Å². The van der Waals surface area contributed by atoms with E-state index in [1.165, 1.54) is 12.1 Å². The lowest BCUT2D eigenvalue weighted by atomic mass is 10.1. The molecular weight excluding hydrogens is 339 g/mol. The lowest BCUT2D eigenvalue weighted by molar-refractivity contribution is 0.199. The summed E-state index contributed by atoms with van der Waals surface area (Å²) in [7, 11) is 0. The summed E-state index contributed by atoms with van der Waals surface area (Å²) in [6, 6.07) is 10.5. The maximum atomic E-state index is 13.5. The number of halogens is 2. The van der Waals surface area contributed by atoms with Gasteiger partial charge in [0.15, 0.2) is 0 Å². The van der Waals surface area contributed by atoms with Gasteiger partial charge in [0.05, 0.1) is 11.8 Å². The zero-order valence-corrected chi connectivity index (χ0v) is 12.8. The molecule has 0 aliphatic rings. The fourth-order valence-electron chi connectivity index (χ4n) is 1.72. The number of aliphatic hydroxyl groups excluding tert-OH is 1. The SMILES string of the molecule is CC(O)c1ccc(NC(=O)Nc2cc(Br)ccc2F)cc1. The fourth-order valence-corrected chi connectivity index (χ4v) is 2.08. The molecule has 2 amide bonds. The number of rotatable bonds is 3. The van der Waals surface area contributed by atoms with Crippen molar-refractivity contribution < 1.29 is 14.3 Å². The van der Waals surface area contributed by atoms with Gasteiger partial charge >= 0.3 is 6.03 Å². The molecule has 4 nitrogen and oxygen atoms in total. The van der Waals surface area contributed by atoms with Gasteiger partial charge in [0.25, 0.3) is 0 Å². The van der Waals surface area contributed by atoms with Crippen molar-refractivity contribution >= 4 is 33.3 Å². The standard InChI is InChI=1S/C15H14BrFN2O2/c1-9(20)10-2-5-12(6-3-10)18-15(21)19-14-8-11(16)4-7-13(14)17/h2-9,20H,1H3,(H2,18,19,21). The summed E-state index contributed by atoms with van der Waals surface area (Å²) in [5.74, 6) is -0.516. The van der Waals surface area contributed by atoms with Crippen LogP contribution in [0.5, 0.6) is 0 Å². The van der Waals surface area contributed by atoms with Crippen LogP contribution in [0.3, 0.4) is 0 Å². The van der Waals surface area contributed by atoms with E-state index in [0.717, 1.165) is 5.56 Å². The first kappa shape index (κ1) is 15.5. The number of anilines is 2. The molecule has 2 aromatic rings. The van der Waals surface area contributed by atoms with E-state index in [-0.39, 0.29) is 5.69 Å². The molecule has 1 unspecified atom stereocenters. The Morgan fingerprint density at radius 2 is 1.86 bits per heavy atom. The first-order valence-corrected chi connectivity index (χ1v) is 7.06. The lowest BCUT2D eigenvalue weighted by Crippen LogP contribution is -2.20. The molecule has 21 heavy (non-hydrogen) atoms. The lowest BCUT2D eigenvalue weighted by Gasteiger charge is -2.10. The third kappa shape index (κ3) is 4.27. The van der Waals surface area contributed by atoms with Crippen LogP contribution in [0, 0.1) is 5.82 Å². The minimum atomic E-state index is -0.566. The van der Waals surface area contributed by atoms with E-state index in [2.05, 4.69) is 26.6 Å². The van der Waals surface area contributed by atoms with Crippen molar-refractivity contribution in [3.05, 3.63) is 58.3 Å². The molecule has 6 heteroatoms. The number of hydrogen-bond acceptors (Lipinski definition) is 2. The van der Waals surface area contributed by atoms with Crippen LogP contribution in [0.15, 0.2) is 46.9 Å². The summed E-state index contributed by atoms with van der Waals surface area (Å²) < 4.78 is 14.2. The Morgan fingerprint density at radius 3 is 2.48 bits per heavy atom. The van der Waals surface area contributed by atoms with E-state index in [1.54, 1.807) is 37.3 Å². The number of aliphatic hydroxyl groups is 1. The zero-order valence-electron chi connectivity index (χ0n) is 11.2. The highest BCUT2D eigenvalue weighted by Crippen LogP contribution is 2.20. The summed E-state index contributed by atoms with van der Waals surface area (Å²) in [4.78, 5) is 11.8. The van der Waals surface area contributed by atoms with E-state index in [1.807, 2.05) is 0 Å². The van der Waals surface area contributed by atoms with Crippen molar-refractivity contribution in [2.45, 2.75) is 13.0 Å². The molecule has 0 fully saturated rings. The number of benzene rings is 2. The maximum absolute atomic E-state index is 13.5. The van der Waals surface area contributed by atoms with Crippen molar-refractivity contribution in [1.82, 2.24) is 0 Å². The second kappa shape index (κ2) is 6.69. The Labute approximate surface area is 130 Å². The first-order chi connectivity index (χ1) is 9.95. The number of urea groups is 1. The summed E-state index contributed by atoms with van der Waals surface area (Å²) in [6.07, 6.45) is -0.566. The van der Waals surface area contributed by atoms with E-state index < -0.39 is 18.0 Å². The van der Waals surface area contributed by atoms with Gasteiger partial charge in [-0.15, -0.1) is 0 Å². The highest BCUT2D eigenvalue weighted by atomic mass is 79.9. The molecule has 2 rings (SSSR count). The monoisotopic (exact) mass is 352 g/mol. The molecule has 0 saturated heterocycles. The zero-order chi connectivity index (χ0) is 15.4. The van der Waals surface area contributed by atoms with E-state index in [0.29, 0.717) is 10.2 Å². The number of nitrogens with one attached hydrogen (secondary N) is 2. The summed E-state index contributed by atoms with van der Waals surface area (Å²) in [6.45, 7) is 1.66. The predicted molar refractivity (Wildman–Crippen MR) is 83.8 cm³/mol. The molecule has 3 N–H and O–H groups in total. The van der Waals surface area contributed by atoms with Crippen LogP contribution in [0.25, 0.3) is 0 Å². The molecule has 0 bridgehead atoms. The average Bonchev–Trinajstić information content (AvgIpc) is 2.43. The Morgan fingerprint density at radius 1 is 1.19 bits per heavy atom. The van der Waals surface area contributed by atoms with Gasteiger partial charge in [-0.2, -0.15) is 0 Å².